The Morgan fingerprint density at radius 2 is 1.95 bits per heavy atom. The average Bonchev–Trinajstić information content (AvgIpc) is 2.37. The van der Waals surface area contributed by atoms with E-state index in [0.29, 0.717) is 17.0 Å². The van der Waals surface area contributed by atoms with Crippen molar-refractivity contribution in [2.45, 2.75) is 12.5 Å². The molecule has 0 saturated carbocycles. The minimum atomic E-state index is -0.445. The van der Waals surface area contributed by atoms with Crippen molar-refractivity contribution in [2.75, 3.05) is 0 Å². The fourth-order valence-electron chi connectivity index (χ4n) is 1.94. The lowest BCUT2D eigenvalue weighted by Crippen LogP contribution is -2.30. The zero-order valence-corrected chi connectivity index (χ0v) is 10.8. The van der Waals surface area contributed by atoms with E-state index in [0.717, 1.165) is 5.56 Å². The number of rotatable bonds is 4. The predicted molar refractivity (Wildman–Crippen MR) is 71.6 cm³/mol. The SMILES string of the molecule is NNC(Cc1cccc(F)c1)c1ccc(Cl)cc1F. The first-order valence-corrected chi connectivity index (χ1v) is 6.13. The number of nitrogens with two attached hydrogens (primary N) is 1. The Bertz CT molecular complexity index is 575. The number of nitrogens with one attached hydrogen (secondary N) is 1. The Balaban J connectivity index is 2.25. The molecule has 1 unspecified atom stereocenters. The molecule has 1 atom stereocenters. The highest BCUT2D eigenvalue weighted by molar-refractivity contribution is 6.30. The van der Waals surface area contributed by atoms with Crippen molar-refractivity contribution in [1.82, 2.24) is 5.43 Å². The Morgan fingerprint density at radius 3 is 2.58 bits per heavy atom. The van der Waals surface area contributed by atoms with E-state index in [9.17, 15) is 8.78 Å². The third-order valence-corrected chi connectivity index (χ3v) is 3.10. The van der Waals surface area contributed by atoms with Crippen LogP contribution >= 0.6 is 11.6 Å². The number of hydrazine groups is 1. The van der Waals surface area contributed by atoms with E-state index in [1.807, 2.05) is 0 Å². The summed E-state index contributed by atoms with van der Waals surface area (Å²) in [6.07, 6.45) is 0.382. The largest absolute Gasteiger partial charge is 0.271 e. The summed E-state index contributed by atoms with van der Waals surface area (Å²) in [4.78, 5) is 0. The highest BCUT2D eigenvalue weighted by Crippen LogP contribution is 2.23. The highest BCUT2D eigenvalue weighted by Gasteiger charge is 2.15. The summed E-state index contributed by atoms with van der Waals surface area (Å²) in [6, 6.07) is 10.1. The standard InChI is InChI=1S/C14H13ClF2N2/c15-10-4-5-12(13(17)8-10)14(19-18)7-9-2-1-3-11(16)6-9/h1-6,8,14,19H,7,18H2. The van der Waals surface area contributed by atoms with Gasteiger partial charge < -0.3 is 0 Å². The fourth-order valence-corrected chi connectivity index (χ4v) is 2.10. The van der Waals surface area contributed by atoms with Gasteiger partial charge in [-0.25, -0.2) is 8.78 Å². The molecule has 19 heavy (non-hydrogen) atoms. The van der Waals surface area contributed by atoms with E-state index in [2.05, 4.69) is 5.43 Å². The van der Waals surface area contributed by atoms with Gasteiger partial charge in [0.15, 0.2) is 0 Å². The van der Waals surface area contributed by atoms with E-state index >= 15 is 0 Å². The molecule has 0 amide bonds. The first kappa shape index (κ1) is 13.9. The van der Waals surface area contributed by atoms with Gasteiger partial charge in [-0.15, -0.1) is 0 Å². The minimum Gasteiger partial charge on any atom is -0.271 e. The van der Waals surface area contributed by atoms with Crippen molar-refractivity contribution >= 4 is 11.6 Å². The number of hydrogen-bond acceptors (Lipinski definition) is 2. The second-order valence-electron chi connectivity index (χ2n) is 4.22. The lowest BCUT2D eigenvalue weighted by molar-refractivity contribution is 0.509. The van der Waals surface area contributed by atoms with E-state index in [1.54, 1.807) is 24.3 Å². The summed E-state index contributed by atoms with van der Waals surface area (Å²) < 4.78 is 26.9. The van der Waals surface area contributed by atoms with Crippen LogP contribution in [0.4, 0.5) is 8.78 Å². The topological polar surface area (TPSA) is 38.0 Å². The van der Waals surface area contributed by atoms with Gasteiger partial charge in [0, 0.05) is 10.6 Å². The summed E-state index contributed by atoms with van der Waals surface area (Å²) in [5, 5.41) is 0.322. The van der Waals surface area contributed by atoms with Crippen molar-refractivity contribution in [1.29, 1.82) is 0 Å². The van der Waals surface area contributed by atoms with Gasteiger partial charge in [0.05, 0.1) is 6.04 Å². The van der Waals surface area contributed by atoms with E-state index in [-0.39, 0.29) is 5.82 Å². The lowest BCUT2D eigenvalue weighted by atomic mass is 9.99. The first-order valence-electron chi connectivity index (χ1n) is 5.75. The maximum absolute atomic E-state index is 13.8. The van der Waals surface area contributed by atoms with Gasteiger partial charge >= 0.3 is 0 Å². The van der Waals surface area contributed by atoms with E-state index < -0.39 is 11.9 Å². The van der Waals surface area contributed by atoms with Crippen LogP contribution in [0.5, 0.6) is 0 Å². The smallest absolute Gasteiger partial charge is 0.129 e. The van der Waals surface area contributed by atoms with E-state index in [1.165, 1.54) is 18.2 Å². The van der Waals surface area contributed by atoms with Crippen LogP contribution < -0.4 is 11.3 Å². The molecule has 2 rings (SSSR count). The van der Waals surface area contributed by atoms with Crippen LogP contribution in [-0.2, 0) is 6.42 Å². The summed E-state index contributed by atoms with van der Waals surface area (Å²) >= 11 is 5.70. The molecule has 2 aromatic rings. The van der Waals surface area contributed by atoms with Crippen LogP contribution in [0.1, 0.15) is 17.2 Å². The monoisotopic (exact) mass is 282 g/mol. The Hall–Kier alpha value is -1.49. The van der Waals surface area contributed by atoms with Crippen molar-refractivity contribution in [3.8, 4) is 0 Å². The molecule has 0 heterocycles. The lowest BCUT2D eigenvalue weighted by Gasteiger charge is -2.17. The van der Waals surface area contributed by atoms with Crippen LogP contribution in [0, 0.1) is 11.6 Å². The second kappa shape index (κ2) is 6.10. The predicted octanol–water partition coefficient (Wildman–Crippen LogP) is 3.37. The molecule has 0 saturated heterocycles. The molecule has 0 fully saturated rings. The van der Waals surface area contributed by atoms with Crippen LogP contribution in [-0.4, -0.2) is 0 Å². The second-order valence-corrected chi connectivity index (χ2v) is 4.66. The molecule has 2 aromatic carbocycles. The number of halogens is 3. The fraction of sp³-hybridized carbons (Fsp3) is 0.143. The van der Waals surface area contributed by atoms with Crippen LogP contribution in [0.15, 0.2) is 42.5 Å². The Labute approximate surface area is 115 Å². The maximum Gasteiger partial charge on any atom is 0.129 e. The van der Waals surface area contributed by atoms with Crippen molar-refractivity contribution in [2.24, 2.45) is 5.84 Å². The molecule has 0 aromatic heterocycles. The maximum atomic E-state index is 13.8. The minimum absolute atomic E-state index is 0.322. The summed E-state index contributed by atoms with van der Waals surface area (Å²) in [5.41, 5.74) is 3.67. The van der Waals surface area contributed by atoms with Gasteiger partial charge in [-0.3, -0.25) is 11.3 Å². The number of hydrogen-bond donors (Lipinski definition) is 2. The average molecular weight is 283 g/mol. The molecule has 0 radical (unpaired) electrons. The van der Waals surface area contributed by atoms with Crippen molar-refractivity contribution in [3.63, 3.8) is 0 Å². The first-order chi connectivity index (χ1) is 9.10. The summed E-state index contributed by atoms with van der Waals surface area (Å²) in [7, 11) is 0. The van der Waals surface area contributed by atoms with Gasteiger partial charge in [-0.2, -0.15) is 0 Å². The Kier molecular flexibility index (Phi) is 4.47. The zero-order valence-electron chi connectivity index (χ0n) is 10.0. The summed E-state index contributed by atoms with van der Waals surface area (Å²) in [5.74, 6) is 4.69. The molecule has 0 aliphatic rings. The highest BCUT2D eigenvalue weighted by atomic mass is 35.5. The molecule has 3 N–H and O–H groups in total. The van der Waals surface area contributed by atoms with Gasteiger partial charge in [0.2, 0.25) is 0 Å². The third kappa shape index (κ3) is 3.50. The molecule has 2 nitrogen and oxygen atoms in total. The molecule has 0 aliphatic carbocycles. The zero-order chi connectivity index (χ0) is 13.8. The normalized spacial score (nSPS) is 12.4. The van der Waals surface area contributed by atoms with Crippen LogP contribution in [0.25, 0.3) is 0 Å². The molecule has 5 heteroatoms. The summed E-state index contributed by atoms with van der Waals surface area (Å²) in [6.45, 7) is 0. The molecule has 0 spiro atoms. The quantitative estimate of drug-likeness (QED) is 0.666. The number of benzene rings is 2. The molecule has 0 bridgehead atoms. The van der Waals surface area contributed by atoms with Gasteiger partial charge in [-0.05, 0) is 36.2 Å². The van der Waals surface area contributed by atoms with Crippen LogP contribution in [0.2, 0.25) is 5.02 Å². The molecule has 100 valence electrons. The van der Waals surface area contributed by atoms with Crippen LogP contribution in [0.3, 0.4) is 0 Å². The third-order valence-electron chi connectivity index (χ3n) is 2.87. The van der Waals surface area contributed by atoms with Crippen molar-refractivity contribution in [3.05, 3.63) is 70.2 Å². The molecule has 0 aliphatic heterocycles. The van der Waals surface area contributed by atoms with Gasteiger partial charge in [0.25, 0.3) is 0 Å². The van der Waals surface area contributed by atoms with Crippen molar-refractivity contribution < 1.29 is 8.78 Å². The van der Waals surface area contributed by atoms with Gasteiger partial charge in [-0.1, -0.05) is 29.8 Å². The molecular formula is C14H13ClF2N2. The van der Waals surface area contributed by atoms with E-state index in [4.69, 9.17) is 17.4 Å². The Morgan fingerprint density at radius 1 is 1.16 bits per heavy atom. The molecular weight excluding hydrogens is 270 g/mol. The van der Waals surface area contributed by atoms with Gasteiger partial charge in [0.1, 0.15) is 11.6 Å².